The van der Waals surface area contributed by atoms with Gasteiger partial charge in [-0.3, -0.25) is 14.9 Å². The molecule has 0 saturated carbocycles. The van der Waals surface area contributed by atoms with E-state index in [1.807, 2.05) is 6.07 Å². The van der Waals surface area contributed by atoms with Crippen molar-refractivity contribution in [2.45, 2.75) is 26.3 Å². The number of nitro groups is 1. The molecule has 6 nitrogen and oxygen atoms in total. The molecule has 1 atom stereocenters. The molecule has 1 N–H and O–H groups in total. The lowest BCUT2D eigenvalue weighted by Gasteiger charge is -2.10. The molecule has 0 fully saturated rings. The Hall–Kier alpha value is -2.42. The first-order chi connectivity index (χ1) is 8.51. The van der Waals surface area contributed by atoms with Gasteiger partial charge in [-0.1, -0.05) is 19.1 Å². The first-order valence-electron chi connectivity index (χ1n) is 5.45. The molecule has 0 aliphatic heterocycles. The second-order valence-corrected chi connectivity index (χ2v) is 3.79. The number of hydrogen-bond acceptors (Lipinski definition) is 4. The zero-order valence-corrected chi connectivity index (χ0v) is 10.1. The Morgan fingerprint density at radius 1 is 1.61 bits per heavy atom. The van der Waals surface area contributed by atoms with Crippen molar-refractivity contribution in [3.63, 3.8) is 0 Å². The van der Waals surface area contributed by atoms with Gasteiger partial charge in [0.15, 0.2) is 0 Å². The van der Waals surface area contributed by atoms with Crippen LogP contribution in [0.15, 0.2) is 18.2 Å². The Bertz CT molecular complexity index is 520. The molecule has 1 aromatic rings. The van der Waals surface area contributed by atoms with Crippen molar-refractivity contribution < 1.29 is 9.72 Å². The standard InChI is InChI=1S/C12H13N3O3/c1-3-9(7-13)14-12(16)11-8(2)5-4-6-10(11)15(17)18/h4-6,9H,3H2,1-2H3,(H,14,16). The van der Waals surface area contributed by atoms with Crippen molar-refractivity contribution >= 4 is 11.6 Å². The van der Waals surface area contributed by atoms with Gasteiger partial charge >= 0.3 is 0 Å². The predicted molar refractivity (Wildman–Crippen MR) is 65.0 cm³/mol. The van der Waals surface area contributed by atoms with Gasteiger partial charge < -0.3 is 5.32 Å². The summed E-state index contributed by atoms with van der Waals surface area (Å²) in [5.41, 5.74) is 0.269. The summed E-state index contributed by atoms with van der Waals surface area (Å²) in [5.74, 6) is -0.590. The van der Waals surface area contributed by atoms with Crippen LogP contribution in [0, 0.1) is 28.4 Å². The van der Waals surface area contributed by atoms with Gasteiger partial charge in [-0.25, -0.2) is 0 Å². The van der Waals surface area contributed by atoms with Crippen LogP contribution < -0.4 is 5.32 Å². The molecule has 0 spiro atoms. The summed E-state index contributed by atoms with van der Waals surface area (Å²) in [6.07, 6.45) is 0.446. The first kappa shape index (κ1) is 13.6. The summed E-state index contributed by atoms with van der Waals surface area (Å²) in [4.78, 5) is 22.2. The second kappa shape index (κ2) is 5.77. The van der Waals surface area contributed by atoms with Gasteiger partial charge in [-0.05, 0) is 18.9 Å². The number of carbonyl (C=O) groups excluding carboxylic acids is 1. The normalized spacial score (nSPS) is 11.4. The number of nitriles is 1. The molecule has 1 unspecified atom stereocenters. The molecule has 1 aromatic carbocycles. The van der Waals surface area contributed by atoms with Crippen molar-refractivity contribution in [1.29, 1.82) is 5.26 Å². The van der Waals surface area contributed by atoms with Gasteiger partial charge in [-0.15, -0.1) is 0 Å². The van der Waals surface area contributed by atoms with Gasteiger partial charge in [-0.2, -0.15) is 5.26 Å². The van der Waals surface area contributed by atoms with Crippen LogP contribution in [0.25, 0.3) is 0 Å². The summed E-state index contributed by atoms with van der Waals surface area (Å²) in [6, 6.07) is 5.69. The Morgan fingerprint density at radius 2 is 2.28 bits per heavy atom. The topological polar surface area (TPSA) is 96.0 Å². The smallest absolute Gasteiger partial charge is 0.282 e. The zero-order valence-electron chi connectivity index (χ0n) is 10.1. The monoisotopic (exact) mass is 247 g/mol. The van der Waals surface area contributed by atoms with Crippen LogP contribution in [0.1, 0.15) is 29.3 Å². The average Bonchev–Trinajstić information content (AvgIpc) is 2.35. The van der Waals surface area contributed by atoms with Gasteiger partial charge in [0.05, 0.1) is 11.0 Å². The predicted octanol–water partition coefficient (Wildman–Crippen LogP) is 1.94. The minimum absolute atomic E-state index is 0.0104. The molecule has 94 valence electrons. The summed E-state index contributed by atoms with van der Waals surface area (Å²) < 4.78 is 0. The maximum atomic E-state index is 12.0. The first-order valence-corrected chi connectivity index (χ1v) is 5.45. The van der Waals surface area contributed by atoms with Gasteiger partial charge in [0, 0.05) is 6.07 Å². The minimum Gasteiger partial charge on any atom is -0.336 e. The van der Waals surface area contributed by atoms with E-state index in [2.05, 4.69) is 5.32 Å². The molecule has 1 amide bonds. The number of hydrogen-bond donors (Lipinski definition) is 1. The van der Waals surface area contributed by atoms with E-state index in [0.29, 0.717) is 12.0 Å². The summed E-state index contributed by atoms with van der Waals surface area (Å²) >= 11 is 0. The number of amides is 1. The maximum absolute atomic E-state index is 12.0. The average molecular weight is 247 g/mol. The van der Waals surface area contributed by atoms with Crippen molar-refractivity contribution in [1.82, 2.24) is 5.32 Å². The lowest BCUT2D eigenvalue weighted by Crippen LogP contribution is -2.34. The molecule has 1 rings (SSSR count). The van der Waals surface area contributed by atoms with Crippen molar-refractivity contribution in [3.8, 4) is 6.07 Å². The van der Waals surface area contributed by atoms with E-state index in [-0.39, 0.29) is 11.3 Å². The third-order valence-electron chi connectivity index (χ3n) is 2.54. The summed E-state index contributed by atoms with van der Waals surface area (Å²) in [6.45, 7) is 3.37. The van der Waals surface area contributed by atoms with Crippen molar-refractivity contribution in [2.75, 3.05) is 0 Å². The Labute approximate surface area is 104 Å². The van der Waals surface area contributed by atoms with Gasteiger partial charge in [0.1, 0.15) is 11.6 Å². The number of rotatable bonds is 4. The molecule has 0 aliphatic rings. The molecule has 0 bridgehead atoms. The third-order valence-corrected chi connectivity index (χ3v) is 2.54. The van der Waals surface area contributed by atoms with E-state index in [0.717, 1.165) is 0 Å². The molecular formula is C12H13N3O3. The highest BCUT2D eigenvalue weighted by atomic mass is 16.6. The van der Waals surface area contributed by atoms with Crippen LogP contribution in [-0.4, -0.2) is 16.9 Å². The Morgan fingerprint density at radius 3 is 2.78 bits per heavy atom. The fourth-order valence-corrected chi connectivity index (χ4v) is 1.56. The molecule has 0 aliphatic carbocycles. The van der Waals surface area contributed by atoms with Crippen LogP contribution in [0.4, 0.5) is 5.69 Å². The third kappa shape index (κ3) is 2.83. The van der Waals surface area contributed by atoms with Crippen molar-refractivity contribution in [2.24, 2.45) is 0 Å². The molecule has 0 radical (unpaired) electrons. The molecule has 18 heavy (non-hydrogen) atoms. The van der Waals surface area contributed by atoms with E-state index in [1.165, 1.54) is 12.1 Å². The number of nitrogens with one attached hydrogen (secondary N) is 1. The van der Waals surface area contributed by atoms with E-state index >= 15 is 0 Å². The molecule has 0 heterocycles. The van der Waals surface area contributed by atoms with Crippen LogP contribution in [0.2, 0.25) is 0 Å². The van der Waals surface area contributed by atoms with Crippen LogP contribution in [0.5, 0.6) is 0 Å². The number of nitrogens with zero attached hydrogens (tertiary/aromatic N) is 2. The highest BCUT2D eigenvalue weighted by molar-refractivity contribution is 5.99. The fraction of sp³-hybridized carbons (Fsp3) is 0.333. The van der Waals surface area contributed by atoms with E-state index in [9.17, 15) is 14.9 Å². The van der Waals surface area contributed by atoms with Crippen LogP contribution in [-0.2, 0) is 0 Å². The zero-order chi connectivity index (χ0) is 13.7. The molecule has 6 heteroatoms. The lowest BCUT2D eigenvalue weighted by atomic mass is 10.1. The SMILES string of the molecule is CCC(C#N)NC(=O)c1c(C)cccc1[N+](=O)[O-]. The Kier molecular flexibility index (Phi) is 4.38. The summed E-state index contributed by atoms with van der Waals surface area (Å²) in [7, 11) is 0. The van der Waals surface area contributed by atoms with E-state index in [4.69, 9.17) is 5.26 Å². The maximum Gasteiger partial charge on any atom is 0.282 e. The number of nitro benzene ring substituents is 1. The minimum atomic E-state index is -0.642. The number of carbonyl (C=O) groups is 1. The fourth-order valence-electron chi connectivity index (χ4n) is 1.56. The molecule has 0 saturated heterocycles. The Balaban J connectivity index is 3.13. The van der Waals surface area contributed by atoms with E-state index < -0.39 is 16.9 Å². The quantitative estimate of drug-likeness (QED) is 0.649. The van der Waals surface area contributed by atoms with Crippen molar-refractivity contribution in [3.05, 3.63) is 39.4 Å². The van der Waals surface area contributed by atoms with Crippen LogP contribution >= 0.6 is 0 Å². The second-order valence-electron chi connectivity index (χ2n) is 3.79. The van der Waals surface area contributed by atoms with Gasteiger partial charge in [0.2, 0.25) is 0 Å². The lowest BCUT2D eigenvalue weighted by molar-refractivity contribution is -0.385. The number of benzene rings is 1. The largest absolute Gasteiger partial charge is 0.336 e. The van der Waals surface area contributed by atoms with E-state index in [1.54, 1.807) is 19.9 Å². The van der Waals surface area contributed by atoms with Crippen LogP contribution in [0.3, 0.4) is 0 Å². The molecular weight excluding hydrogens is 234 g/mol. The van der Waals surface area contributed by atoms with Gasteiger partial charge in [0.25, 0.3) is 11.6 Å². The highest BCUT2D eigenvalue weighted by Gasteiger charge is 2.23. The summed E-state index contributed by atoms with van der Waals surface area (Å²) in [5, 5.41) is 22.1. The number of aryl methyl sites for hydroxylation is 1. The highest BCUT2D eigenvalue weighted by Crippen LogP contribution is 2.21. The molecule has 0 aromatic heterocycles.